The molecule has 0 radical (unpaired) electrons. The van der Waals surface area contributed by atoms with Crippen molar-refractivity contribution in [2.75, 3.05) is 37.0 Å². The van der Waals surface area contributed by atoms with Gasteiger partial charge in [0.05, 0.1) is 25.0 Å². The highest BCUT2D eigenvalue weighted by Gasteiger charge is 2.28. The first-order chi connectivity index (χ1) is 15.6. The standard InChI is InChI=1S/C20H22FN7O2.C2H6/c1-30-16-8-18-23-11-15(28(18)26-20(16)27-7-3-6-19(27)29)13-4-2-5-17(24-13)25-14-10-22-9-12(14)21;1-2/h2,4-5,8,11-12,14,22H,3,6-7,9-10H2,1H3,(H,24,25);1-2H3. The van der Waals surface area contributed by atoms with Crippen molar-refractivity contribution in [1.82, 2.24) is 24.9 Å². The predicted molar refractivity (Wildman–Crippen MR) is 121 cm³/mol. The number of methoxy groups -OCH3 is 1. The highest BCUT2D eigenvalue weighted by molar-refractivity contribution is 5.95. The maximum Gasteiger partial charge on any atom is 0.228 e. The molecule has 2 unspecified atom stereocenters. The van der Waals surface area contributed by atoms with Crippen LogP contribution in [-0.4, -0.2) is 64.4 Å². The van der Waals surface area contributed by atoms with E-state index in [1.54, 1.807) is 28.8 Å². The second kappa shape index (κ2) is 9.47. The summed E-state index contributed by atoms with van der Waals surface area (Å²) < 4.78 is 21.0. The van der Waals surface area contributed by atoms with Crippen LogP contribution in [0.2, 0.25) is 0 Å². The zero-order chi connectivity index (χ0) is 22.7. The molecule has 9 nitrogen and oxygen atoms in total. The number of aromatic nitrogens is 4. The number of rotatable bonds is 5. The smallest absolute Gasteiger partial charge is 0.228 e. The number of imidazole rings is 1. The van der Waals surface area contributed by atoms with Gasteiger partial charge in [0, 0.05) is 32.1 Å². The molecule has 1 amide bonds. The van der Waals surface area contributed by atoms with Crippen LogP contribution in [0.15, 0.2) is 30.5 Å². The van der Waals surface area contributed by atoms with Gasteiger partial charge in [-0.15, -0.1) is 5.10 Å². The fourth-order valence-corrected chi connectivity index (χ4v) is 3.91. The van der Waals surface area contributed by atoms with E-state index in [1.807, 2.05) is 32.0 Å². The number of ether oxygens (including phenoxy) is 1. The number of anilines is 2. The lowest BCUT2D eigenvalue weighted by atomic mass is 10.2. The molecule has 0 saturated carbocycles. The number of hydrogen-bond acceptors (Lipinski definition) is 7. The first kappa shape index (κ1) is 21.9. The van der Waals surface area contributed by atoms with Crippen LogP contribution in [0.5, 0.6) is 5.75 Å². The van der Waals surface area contributed by atoms with E-state index in [0.29, 0.717) is 60.5 Å². The Morgan fingerprint density at radius 2 is 2.12 bits per heavy atom. The molecule has 2 saturated heterocycles. The second-order valence-corrected chi connectivity index (χ2v) is 7.43. The molecule has 0 aromatic carbocycles. The highest BCUT2D eigenvalue weighted by atomic mass is 19.1. The van der Waals surface area contributed by atoms with Gasteiger partial charge in [-0.2, -0.15) is 0 Å². The minimum absolute atomic E-state index is 0.0251. The number of nitrogens with zero attached hydrogens (tertiary/aromatic N) is 5. The van der Waals surface area contributed by atoms with Crippen molar-refractivity contribution in [3.05, 3.63) is 30.5 Å². The maximum atomic E-state index is 13.9. The lowest BCUT2D eigenvalue weighted by molar-refractivity contribution is -0.117. The van der Waals surface area contributed by atoms with Gasteiger partial charge in [0.15, 0.2) is 17.2 Å². The Morgan fingerprint density at radius 3 is 2.81 bits per heavy atom. The largest absolute Gasteiger partial charge is 0.493 e. The van der Waals surface area contributed by atoms with Gasteiger partial charge in [-0.05, 0) is 18.6 Å². The van der Waals surface area contributed by atoms with Crippen LogP contribution in [-0.2, 0) is 4.79 Å². The third-order valence-electron chi connectivity index (χ3n) is 5.47. The van der Waals surface area contributed by atoms with Gasteiger partial charge in [-0.25, -0.2) is 18.9 Å². The van der Waals surface area contributed by atoms with E-state index in [2.05, 4.69) is 25.7 Å². The minimum Gasteiger partial charge on any atom is -0.493 e. The average Bonchev–Trinajstić information content (AvgIpc) is 3.54. The lowest BCUT2D eigenvalue weighted by Crippen LogP contribution is -2.29. The van der Waals surface area contributed by atoms with Crippen LogP contribution in [0.25, 0.3) is 17.0 Å². The molecule has 0 aliphatic carbocycles. The summed E-state index contributed by atoms with van der Waals surface area (Å²) in [7, 11) is 1.55. The number of carbonyl (C=O) groups excluding carboxylic acids is 1. The van der Waals surface area contributed by atoms with Crippen molar-refractivity contribution in [2.45, 2.75) is 38.9 Å². The summed E-state index contributed by atoms with van der Waals surface area (Å²) in [5.74, 6) is 1.58. The van der Waals surface area contributed by atoms with E-state index in [-0.39, 0.29) is 11.9 Å². The van der Waals surface area contributed by atoms with Gasteiger partial charge in [0.2, 0.25) is 5.91 Å². The molecule has 0 spiro atoms. The first-order valence-electron chi connectivity index (χ1n) is 11.0. The number of fused-ring (bicyclic) bond motifs is 1. The number of alkyl halides is 1. The Hall–Kier alpha value is -3.27. The molecule has 5 rings (SSSR count). The van der Waals surface area contributed by atoms with E-state index in [4.69, 9.17) is 4.74 Å². The van der Waals surface area contributed by atoms with Gasteiger partial charge in [-0.3, -0.25) is 9.69 Å². The zero-order valence-corrected chi connectivity index (χ0v) is 18.5. The summed E-state index contributed by atoms with van der Waals surface area (Å²) >= 11 is 0. The number of pyridine rings is 1. The molecule has 32 heavy (non-hydrogen) atoms. The molecule has 2 atom stereocenters. The molecule has 2 N–H and O–H groups in total. The third kappa shape index (κ3) is 4.10. The summed E-state index contributed by atoms with van der Waals surface area (Å²) in [5, 5.41) is 10.8. The summed E-state index contributed by atoms with van der Waals surface area (Å²) in [5.41, 5.74) is 1.90. The van der Waals surface area contributed by atoms with Crippen LogP contribution < -0.4 is 20.3 Å². The fraction of sp³-hybridized carbons (Fsp3) is 0.455. The van der Waals surface area contributed by atoms with Crippen molar-refractivity contribution in [2.24, 2.45) is 0 Å². The molecule has 3 aromatic heterocycles. The number of hydrogen-bond donors (Lipinski definition) is 2. The Bertz CT molecular complexity index is 1100. The van der Waals surface area contributed by atoms with Crippen molar-refractivity contribution in [3.8, 4) is 17.1 Å². The molecule has 2 fully saturated rings. The quantitative estimate of drug-likeness (QED) is 0.628. The lowest BCUT2D eigenvalue weighted by Gasteiger charge is -2.18. The summed E-state index contributed by atoms with van der Waals surface area (Å²) in [4.78, 5) is 22.9. The van der Waals surface area contributed by atoms with E-state index >= 15 is 0 Å². The van der Waals surface area contributed by atoms with Gasteiger partial charge >= 0.3 is 0 Å². The average molecular weight is 442 g/mol. The van der Waals surface area contributed by atoms with E-state index in [0.717, 1.165) is 6.42 Å². The Morgan fingerprint density at radius 1 is 1.28 bits per heavy atom. The molecule has 170 valence electrons. The number of halogens is 1. The van der Waals surface area contributed by atoms with Crippen molar-refractivity contribution in [1.29, 1.82) is 0 Å². The SMILES string of the molecule is CC.COc1cc2ncc(-c3cccc(NC4CNCC4F)n3)n2nc1N1CCCC1=O. The molecule has 2 aliphatic heterocycles. The number of nitrogens with one attached hydrogen (secondary N) is 2. The van der Waals surface area contributed by atoms with Crippen LogP contribution in [0.4, 0.5) is 16.0 Å². The fourth-order valence-electron chi connectivity index (χ4n) is 3.91. The van der Waals surface area contributed by atoms with Crippen LogP contribution in [0.1, 0.15) is 26.7 Å². The Balaban J connectivity index is 0.00000119. The van der Waals surface area contributed by atoms with E-state index in [9.17, 15) is 9.18 Å². The maximum absolute atomic E-state index is 13.9. The summed E-state index contributed by atoms with van der Waals surface area (Å²) in [6.07, 6.45) is 2.01. The summed E-state index contributed by atoms with van der Waals surface area (Å²) in [6, 6.07) is 6.96. The zero-order valence-electron chi connectivity index (χ0n) is 18.5. The topological polar surface area (TPSA) is 96.7 Å². The van der Waals surface area contributed by atoms with Crippen molar-refractivity contribution < 1.29 is 13.9 Å². The molecule has 3 aromatic rings. The Labute approximate surface area is 186 Å². The monoisotopic (exact) mass is 441 g/mol. The van der Waals surface area contributed by atoms with Crippen molar-refractivity contribution in [3.63, 3.8) is 0 Å². The predicted octanol–water partition coefficient (Wildman–Crippen LogP) is 2.67. The van der Waals surface area contributed by atoms with Gasteiger partial charge in [0.25, 0.3) is 0 Å². The van der Waals surface area contributed by atoms with Crippen LogP contribution in [0, 0.1) is 0 Å². The van der Waals surface area contributed by atoms with Crippen LogP contribution >= 0.6 is 0 Å². The molecular formula is C22H28FN7O2. The summed E-state index contributed by atoms with van der Waals surface area (Å²) in [6.45, 7) is 5.50. The van der Waals surface area contributed by atoms with E-state index < -0.39 is 6.17 Å². The number of carbonyl (C=O) groups is 1. The molecule has 2 aliphatic rings. The highest BCUT2D eigenvalue weighted by Crippen LogP contribution is 2.31. The van der Waals surface area contributed by atoms with Gasteiger partial charge < -0.3 is 15.4 Å². The van der Waals surface area contributed by atoms with Gasteiger partial charge in [0.1, 0.15) is 17.7 Å². The molecule has 10 heteroatoms. The first-order valence-corrected chi connectivity index (χ1v) is 11.0. The second-order valence-electron chi connectivity index (χ2n) is 7.43. The van der Waals surface area contributed by atoms with Crippen LogP contribution in [0.3, 0.4) is 0 Å². The number of amides is 1. The van der Waals surface area contributed by atoms with E-state index in [1.165, 1.54) is 0 Å². The normalized spacial score (nSPS) is 20.4. The third-order valence-corrected chi connectivity index (χ3v) is 5.47. The van der Waals surface area contributed by atoms with Gasteiger partial charge in [-0.1, -0.05) is 19.9 Å². The minimum atomic E-state index is -0.957. The van der Waals surface area contributed by atoms with Crippen molar-refractivity contribution >= 4 is 23.2 Å². The molecule has 5 heterocycles. The molecular weight excluding hydrogens is 413 g/mol. The molecule has 0 bridgehead atoms. The Kier molecular flexibility index (Phi) is 6.50.